The van der Waals surface area contributed by atoms with Gasteiger partial charge in [-0.25, -0.2) is 4.79 Å². The Morgan fingerprint density at radius 2 is 1.67 bits per heavy atom. The van der Waals surface area contributed by atoms with Crippen molar-refractivity contribution in [3.8, 4) is 11.5 Å². The number of hydrogen-bond donors (Lipinski definition) is 2. The van der Waals surface area contributed by atoms with Crippen molar-refractivity contribution in [1.29, 1.82) is 0 Å². The average Bonchev–Trinajstić information content (AvgIpc) is 3.19. The lowest BCUT2D eigenvalue weighted by molar-refractivity contribution is -0.153. The summed E-state index contributed by atoms with van der Waals surface area (Å²) in [5.74, 6) is -0.0644. The highest BCUT2D eigenvalue weighted by Gasteiger charge is 2.49. The van der Waals surface area contributed by atoms with E-state index in [1.54, 1.807) is 20.3 Å². The minimum absolute atomic E-state index is 0.225. The Kier molecular flexibility index (Phi) is 5.60. The van der Waals surface area contributed by atoms with Crippen LogP contribution in [0.25, 0.3) is 0 Å². The Morgan fingerprint density at radius 3 is 2.22 bits per heavy atom. The molecule has 0 atom stereocenters. The molecule has 1 aliphatic carbocycles. The van der Waals surface area contributed by atoms with E-state index in [1.165, 1.54) is 0 Å². The van der Waals surface area contributed by atoms with Gasteiger partial charge in [-0.15, -0.1) is 0 Å². The number of nitrogens with one attached hydrogen (secondary N) is 1. The quantitative estimate of drug-likeness (QED) is 0.790. The van der Waals surface area contributed by atoms with Crippen LogP contribution in [0, 0.1) is 0 Å². The molecule has 1 amide bonds. The van der Waals surface area contributed by atoms with Gasteiger partial charge in [0.05, 0.1) is 19.6 Å². The van der Waals surface area contributed by atoms with Crippen LogP contribution >= 0.6 is 0 Å². The molecular weight excluding hydrogens is 350 g/mol. The molecule has 2 fully saturated rings. The molecule has 27 heavy (non-hydrogen) atoms. The topological polar surface area (TPSA) is 94.1 Å². The molecule has 1 aliphatic heterocycles. The average molecular weight is 377 g/mol. The second kappa shape index (κ2) is 7.76. The van der Waals surface area contributed by atoms with Crippen LogP contribution in [0.2, 0.25) is 0 Å². The molecule has 0 aromatic heterocycles. The van der Waals surface area contributed by atoms with Crippen molar-refractivity contribution in [2.24, 2.45) is 0 Å². The van der Waals surface area contributed by atoms with E-state index in [0.717, 1.165) is 18.4 Å². The number of ether oxygens (including phenoxy) is 3. The van der Waals surface area contributed by atoms with Gasteiger partial charge in [0.15, 0.2) is 11.5 Å². The van der Waals surface area contributed by atoms with Gasteiger partial charge in [-0.3, -0.25) is 4.79 Å². The molecular formula is C20H27NO6. The fourth-order valence-corrected chi connectivity index (χ4v) is 4.21. The molecule has 0 spiro atoms. The first kappa shape index (κ1) is 19.5. The van der Waals surface area contributed by atoms with Crippen molar-refractivity contribution in [3.63, 3.8) is 0 Å². The third-order valence-electron chi connectivity index (χ3n) is 5.94. The lowest BCUT2D eigenvalue weighted by Crippen LogP contribution is -2.61. The third-order valence-corrected chi connectivity index (χ3v) is 5.94. The minimum atomic E-state index is -1.26. The van der Waals surface area contributed by atoms with Gasteiger partial charge >= 0.3 is 5.97 Å². The van der Waals surface area contributed by atoms with E-state index in [2.05, 4.69) is 5.32 Å². The molecule has 1 aromatic rings. The molecule has 3 rings (SSSR count). The zero-order valence-corrected chi connectivity index (χ0v) is 15.9. The Balaban J connectivity index is 1.94. The van der Waals surface area contributed by atoms with E-state index < -0.39 is 16.9 Å². The van der Waals surface area contributed by atoms with Gasteiger partial charge in [0.25, 0.3) is 0 Å². The van der Waals surface area contributed by atoms with E-state index >= 15 is 0 Å². The van der Waals surface area contributed by atoms with Gasteiger partial charge in [0.1, 0.15) is 5.54 Å². The van der Waals surface area contributed by atoms with E-state index in [4.69, 9.17) is 14.2 Å². The van der Waals surface area contributed by atoms with Gasteiger partial charge in [-0.05, 0) is 30.5 Å². The maximum Gasteiger partial charge on any atom is 0.329 e. The summed E-state index contributed by atoms with van der Waals surface area (Å²) in [6.45, 7) is 0.659. The molecule has 2 N–H and O–H groups in total. The Bertz CT molecular complexity index is 704. The second-order valence-corrected chi connectivity index (χ2v) is 7.31. The maximum atomic E-state index is 13.4. The minimum Gasteiger partial charge on any atom is -0.493 e. The van der Waals surface area contributed by atoms with Crippen LogP contribution < -0.4 is 14.8 Å². The van der Waals surface area contributed by atoms with Crippen molar-refractivity contribution < 1.29 is 28.9 Å². The number of rotatable bonds is 6. The van der Waals surface area contributed by atoms with Crippen molar-refractivity contribution >= 4 is 11.9 Å². The predicted octanol–water partition coefficient (Wildman–Crippen LogP) is 2.27. The molecule has 0 radical (unpaired) electrons. The summed E-state index contributed by atoms with van der Waals surface area (Å²) in [5.41, 5.74) is -1.18. The molecule has 148 valence electrons. The molecule has 0 unspecified atom stereocenters. The van der Waals surface area contributed by atoms with Crippen LogP contribution in [0.5, 0.6) is 11.5 Å². The standard InChI is InChI=1S/C20H27NO6/c1-25-15-6-5-14(13-16(15)26-2)19(7-3-4-8-19)17(22)21-20(18(23)24)9-11-27-12-10-20/h5-6,13H,3-4,7-12H2,1-2H3,(H,21,22)(H,23,24). The number of carboxylic acid groups (broad SMARTS) is 1. The van der Waals surface area contributed by atoms with Crippen molar-refractivity contribution in [1.82, 2.24) is 5.32 Å². The van der Waals surface area contributed by atoms with E-state index in [0.29, 0.717) is 37.6 Å². The third kappa shape index (κ3) is 3.48. The van der Waals surface area contributed by atoms with Crippen molar-refractivity contribution in [3.05, 3.63) is 23.8 Å². The van der Waals surface area contributed by atoms with Crippen LogP contribution in [0.3, 0.4) is 0 Å². The maximum absolute atomic E-state index is 13.4. The zero-order valence-electron chi connectivity index (χ0n) is 15.9. The van der Waals surface area contributed by atoms with Gasteiger partial charge in [-0.2, -0.15) is 0 Å². The summed E-state index contributed by atoms with van der Waals surface area (Å²) in [7, 11) is 3.13. The largest absolute Gasteiger partial charge is 0.493 e. The molecule has 1 heterocycles. The number of carbonyl (C=O) groups is 2. The number of methoxy groups -OCH3 is 2. The van der Waals surface area contributed by atoms with Crippen molar-refractivity contribution in [2.75, 3.05) is 27.4 Å². The van der Waals surface area contributed by atoms with Gasteiger partial charge in [-0.1, -0.05) is 18.9 Å². The summed E-state index contributed by atoms with van der Waals surface area (Å²) in [4.78, 5) is 25.4. The molecule has 7 heteroatoms. The Hall–Kier alpha value is -2.28. The Morgan fingerprint density at radius 1 is 1.04 bits per heavy atom. The predicted molar refractivity (Wildman–Crippen MR) is 98.3 cm³/mol. The first-order valence-electron chi connectivity index (χ1n) is 9.34. The van der Waals surface area contributed by atoms with Crippen LogP contribution in [0.4, 0.5) is 0 Å². The smallest absolute Gasteiger partial charge is 0.329 e. The van der Waals surface area contributed by atoms with Crippen molar-refractivity contribution in [2.45, 2.75) is 49.5 Å². The number of carboxylic acids is 1. The van der Waals surface area contributed by atoms with Gasteiger partial charge in [0.2, 0.25) is 5.91 Å². The fourth-order valence-electron chi connectivity index (χ4n) is 4.21. The molecule has 2 aliphatic rings. The van der Waals surface area contributed by atoms with E-state index in [9.17, 15) is 14.7 Å². The normalized spacial score (nSPS) is 20.7. The summed E-state index contributed by atoms with van der Waals surface area (Å²) in [6.07, 6.45) is 3.75. The molecule has 1 saturated carbocycles. The lowest BCUT2D eigenvalue weighted by Gasteiger charge is -2.38. The van der Waals surface area contributed by atoms with Gasteiger partial charge < -0.3 is 24.6 Å². The second-order valence-electron chi connectivity index (χ2n) is 7.31. The highest BCUT2D eigenvalue weighted by molar-refractivity contribution is 5.93. The number of aliphatic carboxylic acids is 1. The lowest BCUT2D eigenvalue weighted by atomic mass is 9.76. The molecule has 1 aromatic carbocycles. The van der Waals surface area contributed by atoms with Crippen LogP contribution in [-0.2, 0) is 19.7 Å². The molecule has 7 nitrogen and oxygen atoms in total. The number of hydrogen-bond acceptors (Lipinski definition) is 5. The first-order valence-corrected chi connectivity index (χ1v) is 9.34. The highest BCUT2D eigenvalue weighted by atomic mass is 16.5. The van der Waals surface area contributed by atoms with E-state index in [-0.39, 0.29) is 18.7 Å². The van der Waals surface area contributed by atoms with Crippen LogP contribution in [0.15, 0.2) is 18.2 Å². The Labute approximate surface area is 159 Å². The monoisotopic (exact) mass is 377 g/mol. The highest BCUT2D eigenvalue weighted by Crippen LogP contribution is 2.44. The SMILES string of the molecule is COc1ccc(C2(C(=O)NC3(C(=O)O)CCOCC3)CCCC2)cc1OC. The molecule has 0 bridgehead atoms. The zero-order chi connectivity index (χ0) is 19.5. The van der Waals surface area contributed by atoms with Crippen LogP contribution in [-0.4, -0.2) is 50.0 Å². The molecule has 1 saturated heterocycles. The first-order chi connectivity index (χ1) is 13.0. The van der Waals surface area contributed by atoms with E-state index in [1.807, 2.05) is 12.1 Å². The summed E-state index contributed by atoms with van der Waals surface area (Å²) in [5, 5.41) is 12.7. The summed E-state index contributed by atoms with van der Waals surface area (Å²) < 4.78 is 16.0. The summed E-state index contributed by atoms with van der Waals surface area (Å²) >= 11 is 0. The summed E-state index contributed by atoms with van der Waals surface area (Å²) in [6, 6.07) is 5.51. The number of benzene rings is 1. The fraction of sp³-hybridized carbons (Fsp3) is 0.600. The number of amides is 1. The van der Waals surface area contributed by atoms with Crippen LogP contribution in [0.1, 0.15) is 44.1 Å². The number of carbonyl (C=O) groups excluding carboxylic acids is 1. The van der Waals surface area contributed by atoms with Gasteiger partial charge in [0, 0.05) is 26.1 Å².